The first-order chi connectivity index (χ1) is 4.34. The van der Waals surface area contributed by atoms with Crippen LogP contribution in [0.3, 0.4) is 0 Å². The summed E-state index contributed by atoms with van der Waals surface area (Å²) in [6, 6.07) is 0. The molecule has 9 heavy (non-hydrogen) atoms. The third kappa shape index (κ3) is 1.44. The molecule has 1 aliphatic heterocycles. The molecule has 1 heterocycles. The summed E-state index contributed by atoms with van der Waals surface area (Å²) < 4.78 is 0. The predicted molar refractivity (Wildman–Crippen MR) is 36.0 cm³/mol. The Hall–Kier alpha value is -0.530. The second kappa shape index (κ2) is 2.85. The van der Waals surface area contributed by atoms with Crippen molar-refractivity contribution in [3.8, 4) is 0 Å². The van der Waals surface area contributed by atoms with Crippen LogP contribution in [0.5, 0.6) is 0 Å². The lowest BCUT2D eigenvalue weighted by Crippen LogP contribution is -2.48. The van der Waals surface area contributed by atoms with Gasteiger partial charge in [0.05, 0.1) is 5.92 Å². The molecule has 1 atom stereocenters. The molecular formula is C7H13NO. The Morgan fingerprint density at radius 1 is 1.78 bits per heavy atom. The van der Waals surface area contributed by atoms with Gasteiger partial charge in [-0.2, -0.15) is 0 Å². The molecule has 1 fully saturated rings. The van der Waals surface area contributed by atoms with Gasteiger partial charge in [0, 0.05) is 6.54 Å². The maximum Gasteiger partial charge on any atom is 0.224 e. The number of hydrogen-bond acceptors (Lipinski definition) is 1. The molecule has 52 valence electrons. The minimum atomic E-state index is 0.253. The van der Waals surface area contributed by atoms with E-state index in [1.54, 1.807) is 0 Å². The van der Waals surface area contributed by atoms with E-state index in [2.05, 4.69) is 12.2 Å². The summed E-state index contributed by atoms with van der Waals surface area (Å²) in [5.41, 5.74) is 0. The van der Waals surface area contributed by atoms with Crippen molar-refractivity contribution in [1.82, 2.24) is 5.32 Å². The second-order valence-electron chi connectivity index (χ2n) is 2.58. The lowest BCUT2D eigenvalue weighted by Gasteiger charge is -2.25. The molecule has 0 aromatic carbocycles. The molecule has 0 aliphatic carbocycles. The molecule has 1 aliphatic rings. The van der Waals surface area contributed by atoms with Gasteiger partial charge in [-0.15, -0.1) is 0 Å². The highest BCUT2D eigenvalue weighted by molar-refractivity contribution is 5.84. The topological polar surface area (TPSA) is 29.1 Å². The first-order valence-corrected chi connectivity index (χ1v) is 3.62. The van der Waals surface area contributed by atoms with Crippen molar-refractivity contribution in [2.24, 2.45) is 5.92 Å². The van der Waals surface area contributed by atoms with Crippen molar-refractivity contribution >= 4 is 5.91 Å². The fraction of sp³-hybridized carbons (Fsp3) is 0.857. The third-order valence-electron chi connectivity index (χ3n) is 1.80. The molecule has 1 rings (SSSR count). The Morgan fingerprint density at radius 2 is 2.56 bits per heavy atom. The fourth-order valence-corrected chi connectivity index (χ4v) is 1.01. The molecule has 0 saturated carbocycles. The molecule has 1 amide bonds. The first-order valence-electron chi connectivity index (χ1n) is 3.62. The zero-order chi connectivity index (χ0) is 6.69. The van der Waals surface area contributed by atoms with Gasteiger partial charge >= 0.3 is 0 Å². The van der Waals surface area contributed by atoms with Gasteiger partial charge in [-0.25, -0.2) is 0 Å². The molecule has 1 N–H and O–H groups in total. The summed E-state index contributed by atoms with van der Waals surface area (Å²) >= 11 is 0. The molecule has 0 spiro atoms. The summed E-state index contributed by atoms with van der Waals surface area (Å²) in [5.74, 6) is 0.605. The Labute approximate surface area is 55.6 Å². The van der Waals surface area contributed by atoms with Gasteiger partial charge in [-0.05, 0) is 6.42 Å². The van der Waals surface area contributed by atoms with Crippen LogP contribution in [-0.4, -0.2) is 12.5 Å². The largest absolute Gasteiger partial charge is 0.355 e. The van der Waals surface area contributed by atoms with Crippen molar-refractivity contribution < 1.29 is 4.79 Å². The number of carbonyl (C=O) groups is 1. The van der Waals surface area contributed by atoms with E-state index in [0.717, 1.165) is 13.0 Å². The highest BCUT2D eigenvalue weighted by atomic mass is 16.2. The van der Waals surface area contributed by atoms with Crippen LogP contribution in [-0.2, 0) is 4.79 Å². The Kier molecular flexibility index (Phi) is 2.09. The Bertz CT molecular complexity index is 111. The van der Waals surface area contributed by atoms with Crippen molar-refractivity contribution in [2.75, 3.05) is 6.54 Å². The molecular weight excluding hydrogens is 114 g/mol. The van der Waals surface area contributed by atoms with Crippen LogP contribution in [0, 0.1) is 5.92 Å². The highest BCUT2D eigenvalue weighted by Gasteiger charge is 2.25. The van der Waals surface area contributed by atoms with Crippen LogP contribution in [0.2, 0.25) is 0 Å². The van der Waals surface area contributed by atoms with Crippen LogP contribution in [0.15, 0.2) is 0 Å². The van der Waals surface area contributed by atoms with E-state index >= 15 is 0 Å². The van der Waals surface area contributed by atoms with Gasteiger partial charge in [-0.3, -0.25) is 4.79 Å². The average molecular weight is 127 g/mol. The molecule has 1 saturated heterocycles. The van der Waals surface area contributed by atoms with Crippen LogP contribution in [0.4, 0.5) is 0 Å². The first kappa shape index (κ1) is 6.59. The van der Waals surface area contributed by atoms with Crippen LogP contribution in [0.1, 0.15) is 26.2 Å². The predicted octanol–water partition coefficient (Wildman–Crippen LogP) is 0.923. The highest BCUT2D eigenvalue weighted by Crippen LogP contribution is 2.13. The quantitative estimate of drug-likeness (QED) is 0.561. The van der Waals surface area contributed by atoms with E-state index in [1.807, 2.05) is 0 Å². The number of nitrogens with one attached hydrogen (secondary N) is 1. The minimum Gasteiger partial charge on any atom is -0.355 e. The van der Waals surface area contributed by atoms with Crippen molar-refractivity contribution in [1.29, 1.82) is 0 Å². The van der Waals surface area contributed by atoms with Crippen LogP contribution in [0.25, 0.3) is 0 Å². The lowest BCUT2D eigenvalue weighted by molar-refractivity contribution is -0.131. The number of hydrogen-bond donors (Lipinski definition) is 1. The lowest BCUT2D eigenvalue weighted by atomic mass is 9.96. The number of β-lactam (4-membered cyclic amide) rings is 1. The Morgan fingerprint density at radius 3 is 2.89 bits per heavy atom. The normalized spacial score (nSPS) is 25.0. The molecule has 1 unspecified atom stereocenters. The van der Waals surface area contributed by atoms with Crippen LogP contribution < -0.4 is 5.32 Å². The molecule has 0 aromatic heterocycles. The van der Waals surface area contributed by atoms with E-state index in [9.17, 15) is 4.79 Å². The van der Waals surface area contributed by atoms with E-state index in [-0.39, 0.29) is 5.91 Å². The summed E-state index contributed by atoms with van der Waals surface area (Å²) in [7, 11) is 0. The van der Waals surface area contributed by atoms with Gasteiger partial charge in [0.1, 0.15) is 0 Å². The van der Waals surface area contributed by atoms with E-state index in [4.69, 9.17) is 0 Å². The minimum absolute atomic E-state index is 0.253. The van der Waals surface area contributed by atoms with E-state index < -0.39 is 0 Å². The zero-order valence-corrected chi connectivity index (χ0v) is 5.81. The summed E-state index contributed by atoms with van der Waals surface area (Å²) in [6.45, 7) is 3.06. The van der Waals surface area contributed by atoms with Crippen molar-refractivity contribution in [3.05, 3.63) is 0 Å². The number of unbranched alkanes of at least 4 members (excludes halogenated alkanes) is 1. The summed E-state index contributed by atoms with van der Waals surface area (Å²) in [4.78, 5) is 10.6. The number of carbonyl (C=O) groups excluding carboxylic acids is 1. The fourth-order valence-electron chi connectivity index (χ4n) is 1.01. The van der Waals surface area contributed by atoms with Gasteiger partial charge in [-0.1, -0.05) is 19.8 Å². The summed E-state index contributed by atoms with van der Waals surface area (Å²) in [5, 5.41) is 2.73. The monoisotopic (exact) mass is 127 g/mol. The number of amides is 1. The second-order valence-corrected chi connectivity index (χ2v) is 2.58. The van der Waals surface area contributed by atoms with Gasteiger partial charge < -0.3 is 5.32 Å². The maximum absolute atomic E-state index is 10.6. The molecule has 0 bridgehead atoms. The van der Waals surface area contributed by atoms with Crippen LogP contribution >= 0.6 is 0 Å². The SMILES string of the molecule is CCCCC1CNC1=O. The van der Waals surface area contributed by atoms with Gasteiger partial charge in [0.15, 0.2) is 0 Å². The zero-order valence-electron chi connectivity index (χ0n) is 5.81. The van der Waals surface area contributed by atoms with Crippen molar-refractivity contribution in [3.63, 3.8) is 0 Å². The summed E-state index contributed by atoms with van der Waals surface area (Å²) in [6.07, 6.45) is 3.48. The number of rotatable bonds is 3. The van der Waals surface area contributed by atoms with Gasteiger partial charge in [0.25, 0.3) is 0 Å². The van der Waals surface area contributed by atoms with E-state index in [0.29, 0.717) is 5.92 Å². The van der Waals surface area contributed by atoms with Gasteiger partial charge in [0.2, 0.25) is 5.91 Å². The van der Waals surface area contributed by atoms with Crippen molar-refractivity contribution in [2.45, 2.75) is 26.2 Å². The van der Waals surface area contributed by atoms with E-state index in [1.165, 1.54) is 12.8 Å². The molecule has 2 heteroatoms. The standard InChI is InChI=1S/C7H13NO/c1-2-3-4-6-5-8-7(6)9/h6H,2-5H2,1H3,(H,8,9). The third-order valence-corrected chi connectivity index (χ3v) is 1.80. The Balaban J connectivity index is 2.06. The smallest absolute Gasteiger partial charge is 0.224 e. The average Bonchev–Trinajstić information content (AvgIpc) is 1.86. The molecule has 0 radical (unpaired) electrons. The molecule has 0 aromatic rings. The maximum atomic E-state index is 10.6. The molecule has 2 nitrogen and oxygen atoms in total.